The van der Waals surface area contributed by atoms with E-state index < -0.39 is 26.5 Å². The van der Waals surface area contributed by atoms with E-state index in [1.165, 1.54) is 64.2 Å². The molecule has 0 aromatic heterocycles. The van der Waals surface area contributed by atoms with Gasteiger partial charge >= 0.3 is 19.8 Å². The SMILES string of the molecule is CC/C=C\C/C=C\C/C=C\C/C=C\C/C=C\C/C=C\C/C=C\C/C=C\CCCCC(=O)OC(COC(=O)CCCCCCCCCCCCCCC/C=C\C/C=C\C/C=C\C/C=C\C/C=C\C/C=C\C/C=C\CC)COP(=O)(O)OCC[N+](C)(C)C. The zero-order valence-corrected chi connectivity index (χ0v) is 55.9. The van der Waals surface area contributed by atoms with Crippen molar-refractivity contribution in [3.8, 4) is 0 Å². The first-order valence-corrected chi connectivity index (χ1v) is 35.0. The van der Waals surface area contributed by atoms with Crippen LogP contribution in [0.3, 0.4) is 0 Å². The minimum Gasteiger partial charge on any atom is -0.462 e. The first-order valence-electron chi connectivity index (χ1n) is 33.5. The number of carbonyl (C=O) groups excluding carboxylic acids is 2. The van der Waals surface area contributed by atoms with Crippen LogP contribution >= 0.6 is 7.82 Å². The van der Waals surface area contributed by atoms with Crippen molar-refractivity contribution in [2.24, 2.45) is 0 Å². The van der Waals surface area contributed by atoms with Crippen molar-refractivity contribution in [1.29, 1.82) is 0 Å². The van der Waals surface area contributed by atoms with Gasteiger partial charge in [-0.15, -0.1) is 0 Å². The summed E-state index contributed by atoms with van der Waals surface area (Å²) in [5, 5.41) is 0. The van der Waals surface area contributed by atoms with Gasteiger partial charge in [-0.1, -0.05) is 267 Å². The third-order valence-corrected chi connectivity index (χ3v) is 14.4. The molecule has 86 heavy (non-hydrogen) atoms. The highest BCUT2D eigenvalue weighted by atomic mass is 31.2. The molecular weight excluding hydrogens is 1090 g/mol. The van der Waals surface area contributed by atoms with Crippen LogP contribution in [0.15, 0.2) is 182 Å². The maximum Gasteiger partial charge on any atom is 0.472 e. The summed E-state index contributed by atoms with van der Waals surface area (Å²) in [5.74, 6) is -0.862. The number of allylic oxidation sites excluding steroid dienone is 30. The van der Waals surface area contributed by atoms with Gasteiger partial charge < -0.3 is 18.9 Å². The topological polar surface area (TPSA) is 108 Å². The highest BCUT2D eigenvalue weighted by Crippen LogP contribution is 2.43. The molecule has 0 saturated carbocycles. The summed E-state index contributed by atoms with van der Waals surface area (Å²) in [7, 11) is 1.42. The fourth-order valence-corrected chi connectivity index (χ4v) is 9.11. The number of unbranched alkanes of at least 4 members (excludes halogenated alkanes) is 15. The van der Waals surface area contributed by atoms with Crippen LogP contribution in [-0.2, 0) is 32.7 Å². The quantitative estimate of drug-likeness (QED) is 0.0211. The van der Waals surface area contributed by atoms with E-state index in [-0.39, 0.29) is 32.0 Å². The number of likely N-dealkylation sites (N-methyl/N-ethyl adjacent to an activating group) is 1. The van der Waals surface area contributed by atoms with Gasteiger partial charge in [-0.25, -0.2) is 4.57 Å². The van der Waals surface area contributed by atoms with Crippen molar-refractivity contribution in [3.63, 3.8) is 0 Å². The maximum absolute atomic E-state index is 12.8. The van der Waals surface area contributed by atoms with Crippen LogP contribution in [0.4, 0.5) is 0 Å². The van der Waals surface area contributed by atoms with E-state index >= 15 is 0 Å². The molecule has 0 fully saturated rings. The van der Waals surface area contributed by atoms with E-state index in [9.17, 15) is 19.0 Å². The number of quaternary nitrogens is 1. The Bertz CT molecular complexity index is 2100. The highest BCUT2D eigenvalue weighted by Gasteiger charge is 2.27. The third-order valence-electron chi connectivity index (χ3n) is 13.4. The molecule has 2 atom stereocenters. The molecule has 0 spiro atoms. The second-order valence-corrected chi connectivity index (χ2v) is 24.2. The largest absolute Gasteiger partial charge is 0.472 e. The van der Waals surface area contributed by atoms with Crippen LogP contribution in [0.1, 0.15) is 232 Å². The standard InChI is InChI=1S/C76H122NO8P/c1-6-8-10-12-14-16-18-20-22-24-26-28-30-32-34-35-36-37-38-39-40-41-43-44-46-48-50-52-54-56-58-60-62-64-66-68-75(78)82-72-74(73-84-86(80,81)83-71-70-77(3,4)5)85-76(79)69-67-65-63-61-59-57-55-53-51-49-47-45-42-33-31-29-27-25-23-21-19-17-15-13-11-9-7-2/h8-11,14-17,20-23,26-29,32-34,36-37,39-40,42,47,49,53,55,59,61,74H,6-7,12-13,18-19,24-25,30-31,35,38,41,43-46,48,50-52,54,56-58,60,62-73H2,1-5H3/p+1/b10-8-,11-9-,16-14-,17-15-,22-20-,23-21-,28-26-,29-27-,34-32-,37-36-,40-39-,42-33-,49-47-,55-53-,61-59-. The summed E-state index contributed by atoms with van der Waals surface area (Å²) in [6, 6.07) is 0. The average molecular weight is 1210 g/mol. The van der Waals surface area contributed by atoms with E-state index in [0.717, 1.165) is 135 Å². The Balaban J connectivity index is 4.19. The smallest absolute Gasteiger partial charge is 0.462 e. The predicted octanol–water partition coefficient (Wildman–Crippen LogP) is 21.9. The molecule has 0 amide bonds. The summed E-state index contributed by atoms with van der Waals surface area (Å²) < 4.78 is 34.6. The van der Waals surface area contributed by atoms with Gasteiger partial charge in [0.05, 0.1) is 27.7 Å². The first kappa shape index (κ1) is 81.1. The highest BCUT2D eigenvalue weighted by molar-refractivity contribution is 7.47. The molecule has 0 aliphatic heterocycles. The van der Waals surface area contributed by atoms with Crippen LogP contribution in [0, 0.1) is 0 Å². The Kier molecular flexibility index (Phi) is 60.9. The minimum absolute atomic E-state index is 0.0129. The fraction of sp³-hybridized carbons (Fsp3) is 0.579. The second kappa shape index (κ2) is 64.6. The molecular formula is C76H123NO8P+. The zero-order valence-electron chi connectivity index (χ0n) is 55.0. The monoisotopic (exact) mass is 1210 g/mol. The van der Waals surface area contributed by atoms with Crippen molar-refractivity contribution >= 4 is 19.8 Å². The van der Waals surface area contributed by atoms with E-state index in [1.54, 1.807) is 0 Å². The molecule has 0 aromatic carbocycles. The lowest BCUT2D eigenvalue weighted by molar-refractivity contribution is -0.870. The Hall–Kier alpha value is -4.89. The van der Waals surface area contributed by atoms with Gasteiger partial charge in [-0.2, -0.15) is 0 Å². The van der Waals surface area contributed by atoms with Crippen molar-refractivity contribution in [2.45, 2.75) is 238 Å². The predicted molar refractivity (Wildman–Crippen MR) is 371 cm³/mol. The lowest BCUT2D eigenvalue weighted by atomic mass is 10.0. The molecule has 484 valence electrons. The third kappa shape index (κ3) is 68.2. The van der Waals surface area contributed by atoms with Crippen LogP contribution < -0.4 is 0 Å². The Morgan fingerprint density at radius 3 is 0.953 bits per heavy atom. The molecule has 0 aliphatic rings. The molecule has 0 bridgehead atoms. The molecule has 9 nitrogen and oxygen atoms in total. The van der Waals surface area contributed by atoms with Crippen molar-refractivity contribution in [3.05, 3.63) is 182 Å². The molecule has 10 heteroatoms. The zero-order chi connectivity index (χ0) is 62.6. The maximum atomic E-state index is 12.8. The Morgan fingerprint density at radius 2 is 0.628 bits per heavy atom. The normalized spacial score (nSPS) is 14.3. The summed E-state index contributed by atoms with van der Waals surface area (Å²) in [5.41, 5.74) is 0. The van der Waals surface area contributed by atoms with E-state index in [0.29, 0.717) is 17.4 Å². The number of ether oxygens (including phenoxy) is 2. The lowest BCUT2D eigenvalue weighted by Gasteiger charge is -2.24. The molecule has 1 N–H and O–H groups in total. The molecule has 0 aromatic rings. The summed E-state index contributed by atoms with van der Waals surface area (Å²) >= 11 is 0. The number of phosphoric acid groups is 1. The number of carbonyl (C=O) groups is 2. The van der Waals surface area contributed by atoms with Gasteiger partial charge in [0.25, 0.3) is 0 Å². The van der Waals surface area contributed by atoms with E-state index in [4.69, 9.17) is 18.5 Å². The average Bonchev–Trinajstić information content (AvgIpc) is 3.53. The summed E-state index contributed by atoms with van der Waals surface area (Å²) in [6.07, 6.45) is 99.9. The molecule has 0 heterocycles. The number of phosphoric ester groups is 1. The van der Waals surface area contributed by atoms with Gasteiger partial charge in [0.15, 0.2) is 6.10 Å². The fourth-order valence-electron chi connectivity index (χ4n) is 8.36. The lowest BCUT2D eigenvalue weighted by Crippen LogP contribution is -2.37. The van der Waals surface area contributed by atoms with Crippen molar-refractivity contribution < 1.29 is 42.1 Å². The molecule has 0 radical (unpaired) electrons. The van der Waals surface area contributed by atoms with Crippen LogP contribution in [0.2, 0.25) is 0 Å². The van der Waals surface area contributed by atoms with Crippen molar-refractivity contribution in [1.82, 2.24) is 0 Å². The van der Waals surface area contributed by atoms with Gasteiger partial charge in [0.1, 0.15) is 19.8 Å². The minimum atomic E-state index is -4.42. The molecule has 2 unspecified atom stereocenters. The van der Waals surface area contributed by atoms with E-state index in [1.807, 2.05) is 21.1 Å². The van der Waals surface area contributed by atoms with Gasteiger partial charge in [-0.3, -0.25) is 18.6 Å². The van der Waals surface area contributed by atoms with Crippen LogP contribution in [0.5, 0.6) is 0 Å². The van der Waals surface area contributed by atoms with Crippen LogP contribution in [-0.4, -0.2) is 74.9 Å². The summed E-state index contributed by atoms with van der Waals surface area (Å²) in [4.78, 5) is 35.8. The Morgan fingerprint density at radius 1 is 0.360 bits per heavy atom. The number of hydrogen-bond donors (Lipinski definition) is 1. The van der Waals surface area contributed by atoms with Gasteiger partial charge in [0, 0.05) is 12.8 Å². The van der Waals surface area contributed by atoms with Gasteiger partial charge in [0.2, 0.25) is 0 Å². The molecule has 0 aliphatic carbocycles. The first-order chi connectivity index (χ1) is 42.0. The molecule has 0 saturated heterocycles. The molecule has 0 rings (SSSR count). The van der Waals surface area contributed by atoms with Crippen LogP contribution in [0.25, 0.3) is 0 Å². The van der Waals surface area contributed by atoms with Gasteiger partial charge in [-0.05, 0) is 135 Å². The number of rotatable bonds is 59. The summed E-state index contributed by atoms with van der Waals surface area (Å²) in [6.45, 7) is 4.13. The van der Waals surface area contributed by atoms with Crippen molar-refractivity contribution in [2.75, 3.05) is 47.5 Å². The number of nitrogens with zero attached hydrogens (tertiary/aromatic N) is 1. The number of esters is 2. The second-order valence-electron chi connectivity index (χ2n) is 22.7. The Labute approximate surface area is 527 Å². The number of hydrogen-bond acceptors (Lipinski definition) is 7. The van der Waals surface area contributed by atoms with E-state index in [2.05, 4.69) is 196 Å².